The molecule has 0 aliphatic carbocycles. The Bertz CT molecular complexity index is 763. The number of rotatable bonds is 7. The van der Waals surface area contributed by atoms with Gasteiger partial charge in [0, 0.05) is 16.2 Å². The zero-order chi connectivity index (χ0) is 18.4. The van der Waals surface area contributed by atoms with Gasteiger partial charge in [0.25, 0.3) is 5.91 Å². The van der Waals surface area contributed by atoms with Crippen molar-refractivity contribution in [3.63, 3.8) is 0 Å². The van der Waals surface area contributed by atoms with Crippen LogP contribution in [0.15, 0.2) is 47.4 Å². The van der Waals surface area contributed by atoms with Gasteiger partial charge in [0.2, 0.25) is 0 Å². The molecule has 1 atom stereocenters. The molecule has 138 valence electrons. The molecule has 0 aromatic heterocycles. The molecule has 5 heteroatoms. The van der Waals surface area contributed by atoms with E-state index >= 15 is 0 Å². The molecule has 1 amide bonds. The molecule has 0 fully saturated rings. The summed E-state index contributed by atoms with van der Waals surface area (Å²) < 4.78 is 11.1. The molecule has 0 radical (unpaired) electrons. The van der Waals surface area contributed by atoms with E-state index in [1.807, 2.05) is 30.0 Å². The number of ether oxygens (including phenoxy) is 2. The highest BCUT2D eigenvalue weighted by Gasteiger charge is 2.22. The Labute approximate surface area is 159 Å². The van der Waals surface area contributed by atoms with Crippen molar-refractivity contribution in [1.82, 2.24) is 5.32 Å². The second kappa shape index (κ2) is 8.99. The van der Waals surface area contributed by atoms with Crippen molar-refractivity contribution >= 4 is 17.7 Å². The fraction of sp³-hybridized carbons (Fsp3) is 0.381. The number of methoxy groups -OCH3 is 1. The minimum atomic E-state index is -0.0879. The third kappa shape index (κ3) is 4.33. The van der Waals surface area contributed by atoms with Crippen molar-refractivity contribution < 1.29 is 14.3 Å². The van der Waals surface area contributed by atoms with Crippen molar-refractivity contribution in [2.75, 3.05) is 19.5 Å². The Kier molecular flexibility index (Phi) is 6.45. The van der Waals surface area contributed by atoms with Gasteiger partial charge in [-0.25, -0.2) is 0 Å². The molecule has 26 heavy (non-hydrogen) atoms. The highest BCUT2D eigenvalue weighted by Crippen LogP contribution is 2.36. The first-order valence-corrected chi connectivity index (χ1v) is 10.0. The molecule has 1 N–H and O–H groups in total. The van der Waals surface area contributed by atoms with E-state index in [9.17, 15) is 4.79 Å². The van der Waals surface area contributed by atoms with Crippen LogP contribution in [0.5, 0.6) is 11.5 Å². The van der Waals surface area contributed by atoms with Crippen LogP contribution in [0.3, 0.4) is 0 Å². The smallest absolute Gasteiger partial charge is 0.251 e. The molecule has 0 unspecified atom stereocenters. The predicted molar refractivity (Wildman–Crippen MR) is 105 cm³/mol. The van der Waals surface area contributed by atoms with E-state index < -0.39 is 0 Å². The molecule has 3 rings (SSSR count). The van der Waals surface area contributed by atoms with Gasteiger partial charge in [-0.2, -0.15) is 0 Å². The van der Waals surface area contributed by atoms with Crippen LogP contribution in [0, 0.1) is 0 Å². The maximum atomic E-state index is 12.7. The van der Waals surface area contributed by atoms with E-state index in [4.69, 9.17) is 9.47 Å². The number of benzene rings is 2. The Hall–Kier alpha value is -2.14. The summed E-state index contributed by atoms with van der Waals surface area (Å²) in [5.74, 6) is 2.19. The highest BCUT2D eigenvalue weighted by atomic mass is 32.2. The lowest BCUT2D eigenvalue weighted by molar-refractivity contribution is 0.0934. The largest absolute Gasteiger partial charge is 0.493 e. The molecule has 0 saturated heterocycles. The number of hydrogen-bond acceptors (Lipinski definition) is 4. The maximum absolute atomic E-state index is 12.7. The third-order valence-corrected chi connectivity index (χ3v) is 5.57. The summed E-state index contributed by atoms with van der Waals surface area (Å²) in [6.45, 7) is 2.77. The van der Waals surface area contributed by atoms with Crippen molar-refractivity contribution in [1.29, 1.82) is 0 Å². The minimum absolute atomic E-state index is 0.0476. The lowest BCUT2D eigenvalue weighted by Crippen LogP contribution is -2.30. The molecule has 1 heterocycles. The number of amides is 1. The van der Waals surface area contributed by atoms with Gasteiger partial charge in [-0.3, -0.25) is 4.79 Å². The van der Waals surface area contributed by atoms with Crippen molar-refractivity contribution in [3.05, 3.63) is 53.6 Å². The number of carbonyl (C=O) groups excluding carboxylic acids is 1. The van der Waals surface area contributed by atoms with Crippen molar-refractivity contribution in [2.24, 2.45) is 0 Å². The van der Waals surface area contributed by atoms with Crippen LogP contribution in [-0.2, 0) is 0 Å². The summed E-state index contributed by atoms with van der Waals surface area (Å²) in [5, 5.41) is 3.17. The number of carbonyl (C=O) groups is 1. The van der Waals surface area contributed by atoms with Crippen molar-refractivity contribution in [2.45, 2.75) is 37.1 Å². The summed E-state index contributed by atoms with van der Waals surface area (Å²) in [4.78, 5) is 14.0. The highest BCUT2D eigenvalue weighted by molar-refractivity contribution is 7.99. The first-order valence-electron chi connectivity index (χ1n) is 9.06. The summed E-state index contributed by atoms with van der Waals surface area (Å²) in [5.41, 5.74) is 1.78. The average Bonchev–Trinajstić information content (AvgIpc) is 2.68. The fourth-order valence-electron chi connectivity index (χ4n) is 2.99. The van der Waals surface area contributed by atoms with Gasteiger partial charge in [-0.05, 0) is 42.7 Å². The van der Waals surface area contributed by atoms with Crippen molar-refractivity contribution in [3.8, 4) is 11.5 Å². The van der Waals surface area contributed by atoms with Gasteiger partial charge in [0.05, 0.1) is 19.8 Å². The molecule has 0 spiro atoms. The number of fused-ring (bicyclic) bond motifs is 1. The Morgan fingerprint density at radius 2 is 2.08 bits per heavy atom. The van der Waals surface area contributed by atoms with E-state index in [1.165, 1.54) is 10.5 Å². The molecule has 2 aromatic carbocycles. The quantitative estimate of drug-likeness (QED) is 0.708. The molecule has 2 aromatic rings. The maximum Gasteiger partial charge on any atom is 0.251 e. The van der Waals surface area contributed by atoms with Crippen LogP contribution in [0.2, 0.25) is 0 Å². The molecule has 0 bridgehead atoms. The van der Waals surface area contributed by atoms with Gasteiger partial charge in [-0.1, -0.05) is 31.5 Å². The average molecular weight is 372 g/mol. The number of hydrogen-bond donors (Lipinski definition) is 1. The second-order valence-electron chi connectivity index (χ2n) is 6.27. The summed E-state index contributed by atoms with van der Waals surface area (Å²) >= 11 is 1.84. The molecule has 1 aliphatic heterocycles. The monoisotopic (exact) mass is 371 g/mol. The van der Waals surface area contributed by atoms with Crippen LogP contribution >= 0.6 is 11.8 Å². The first kappa shape index (κ1) is 18.6. The van der Waals surface area contributed by atoms with E-state index in [2.05, 4.69) is 24.4 Å². The predicted octanol–water partition coefficient (Wildman–Crippen LogP) is 4.84. The standard InChI is InChI=1S/C21H25NO3S/c1-3-4-12-25-18-10-9-15(14-19(18)24-2)21(23)22-17-11-13-26-20-8-6-5-7-16(17)20/h5-10,14,17H,3-4,11-13H2,1-2H3,(H,22,23)/t17-/m0/s1. The Morgan fingerprint density at radius 1 is 1.23 bits per heavy atom. The van der Waals surface area contributed by atoms with E-state index in [0.29, 0.717) is 23.7 Å². The normalized spacial score (nSPS) is 15.8. The van der Waals surface area contributed by atoms with Crippen LogP contribution in [-0.4, -0.2) is 25.4 Å². The zero-order valence-electron chi connectivity index (χ0n) is 15.3. The zero-order valence-corrected chi connectivity index (χ0v) is 16.1. The lowest BCUT2D eigenvalue weighted by Gasteiger charge is -2.26. The SMILES string of the molecule is CCCCOc1ccc(C(=O)N[C@H]2CCSc3ccccc32)cc1OC. The summed E-state index contributed by atoms with van der Waals surface area (Å²) in [7, 11) is 1.60. The van der Waals surface area contributed by atoms with Crippen LogP contribution in [0.4, 0.5) is 0 Å². The van der Waals surface area contributed by atoms with Gasteiger partial charge in [0.1, 0.15) is 0 Å². The van der Waals surface area contributed by atoms with Crippen LogP contribution in [0.25, 0.3) is 0 Å². The van der Waals surface area contributed by atoms with Crippen LogP contribution < -0.4 is 14.8 Å². The Balaban J connectivity index is 1.72. The minimum Gasteiger partial charge on any atom is -0.493 e. The fourth-order valence-corrected chi connectivity index (χ4v) is 4.11. The molecular weight excluding hydrogens is 346 g/mol. The van der Waals surface area contributed by atoms with E-state index in [-0.39, 0.29) is 11.9 Å². The number of thioether (sulfide) groups is 1. The van der Waals surface area contributed by atoms with Gasteiger partial charge in [-0.15, -0.1) is 11.8 Å². The molecule has 0 saturated carbocycles. The molecular formula is C21H25NO3S. The Morgan fingerprint density at radius 3 is 2.88 bits per heavy atom. The van der Waals surface area contributed by atoms with Gasteiger partial charge >= 0.3 is 0 Å². The summed E-state index contributed by atoms with van der Waals surface area (Å²) in [6, 6.07) is 13.7. The van der Waals surface area contributed by atoms with E-state index in [1.54, 1.807) is 19.2 Å². The lowest BCUT2D eigenvalue weighted by atomic mass is 10.0. The van der Waals surface area contributed by atoms with Gasteiger partial charge in [0.15, 0.2) is 11.5 Å². The molecule has 4 nitrogen and oxygen atoms in total. The molecule has 1 aliphatic rings. The topological polar surface area (TPSA) is 47.6 Å². The second-order valence-corrected chi connectivity index (χ2v) is 7.41. The van der Waals surface area contributed by atoms with Gasteiger partial charge < -0.3 is 14.8 Å². The number of nitrogens with one attached hydrogen (secondary N) is 1. The first-order chi connectivity index (χ1) is 12.7. The summed E-state index contributed by atoms with van der Waals surface area (Å²) in [6.07, 6.45) is 3.00. The van der Waals surface area contributed by atoms with Crippen LogP contribution in [0.1, 0.15) is 48.1 Å². The number of unbranched alkanes of at least 4 members (excludes halogenated alkanes) is 1. The third-order valence-electron chi connectivity index (χ3n) is 4.45. The van der Waals surface area contributed by atoms with E-state index in [0.717, 1.165) is 25.0 Å².